The van der Waals surface area contributed by atoms with Crippen LogP contribution in [0, 0.1) is 0 Å². The third kappa shape index (κ3) is 5.30. The van der Waals surface area contributed by atoms with Crippen LogP contribution in [0.3, 0.4) is 0 Å². The molecule has 0 radical (unpaired) electrons. The fourth-order valence-corrected chi connectivity index (χ4v) is 3.56. The second kappa shape index (κ2) is 9.83. The SMILES string of the molecule is CCCCCN(C(CC)CCC)C1CCCCC1. The molecule has 0 saturated heterocycles. The Hall–Kier alpha value is -0.0400. The van der Waals surface area contributed by atoms with Gasteiger partial charge in [-0.3, -0.25) is 4.90 Å². The normalized spacial score (nSPS) is 19.3. The molecule has 1 heteroatoms. The lowest BCUT2D eigenvalue weighted by molar-refractivity contribution is 0.0926. The zero-order valence-corrected chi connectivity index (χ0v) is 13.1. The first-order valence-electron chi connectivity index (χ1n) is 8.59. The van der Waals surface area contributed by atoms with E-state index in [0.717, 1.165) is 12.1 Å². The Morgan fingerprint density at radius 2 is 1.67 bits per heavy atom. The van der Waals surface area contributed by atoms with Crippen molar-refractivity contribution in [2.75, 3.05) is 6.54 Å². The number of hydrogen-bond donors (Lipinski definition) is 0. The summed E-state index contributed by atoms with van der Waals surface area (Å²) in [6.07, 6.45) is 15.6. The van der Waals surface area contributed by atoms with Gasteiger partial charge in [0.1, 0.15) is 0 Å². The number of hydrogen-bond acceptors (Lipinski definition) is 1. The minimum absolute atomic E-state index is 0.856. The molecule has 0 heterocycles. The molecule has 18 heavy (non-hydrogen) atoms. The van der Waals surface area contributed by atoms with Crippen molar-refractivity contribution in [1.29, 1.82) is 0 Å². The van der Waals surface area contributed by atoms with Crippen LogP contribution < -0.4 is 0 Å². The zero-order valence-electron chi connectivity index (χ0n) is 13.1. The Morgan fingerprint density at radius 1 is 0.944 bits per heavy atom. The third-order valence-corrected chi connectivity index (χ3v) is 4.63. The standard InChI is InChI=1S/C17H35N/c1-4-7-11-15-18(16(6-3)12-5-2)17-13-9-8-10-14-17/h16-17H,4-15H2,1-3H3. The van der Waals surface area contributed by atoms with Crippen molar-refractivity contribution in [2.24, 2.45) is 0 Å². The van der Waals surface area contributed by atoms with Crippen molar-refractivity contribution in [3.63, 3.8) is 0 Å². The van der Waals surface area contributed by atoms with Gasteiger partial charge in [-0.05, 0) is 38.6 Å². The van der Waals surface area contributed by atoms with Crippen LogP contribution in [0.15, 0.2) is 0 Å². The van der Waals surface area contributed by atoms with Gasteiger partial charge in [0, 0.05) is 12.1 Å². The first-order valence-corrected chi connectivity index (χ1v) is 8.59. The lowest BCUT2D eigenvalue weighted by Crippen LogP contribution is -2.44. The van der Waals surface area contributed by atoms with E-state index in [0.29, 0.717) is 0 Å². The van der Waals surface area contributed by atoms with Gasteiger partial charge in [-0.15, -0.1) is 0 Å². The van der Waals surface area contributed by atoms with E-state index in [1.54, 1.807) is 0 Å². The van der Waals surface area contributed by atoms with Gasteiger partial charge >= 0.3 is 0 Å². The van der Waals surface area contributed by atoms with Gasteiger partial charge in [-0.1, -0.05) is 59.3 Å². The largest absolute Gasteiger partial charge is 0.297 e. The lowest BCUT2D eigenvalue weighted by Gasteiger charge is -2.40. The average molecular weight is 253 g/mol. The fraction of sp³-hybridized carbons (Fsp3) is 1.00. The summed E-state index contributed by atoms with van der Waals surface area (Å²) in [6.45, 7) is 8.40. The van der Waals surface area contributed by atoms with Crippen LogP contribution in [0.1, 0.15) is 91.4 Å². The van der Waals surface area contributed by atoms with Gasteiger partial charge < -0.3 is 0 Å². The van der Waals surface area contributed by atoms with Gasteiger partial charge in [0.2, 0.25) is 0 Å². The van der Waals surface area contributed by atoms with E-state index in [4.69, 9.17) is 0 Å². The second-order valence-corrected chi connectivity index (χ2v) is 6.09. The van der Waals surface area contributed by atoms with Crippen LogP contribution >= 0.6 is 0 Å². The molecule has 1 atom stereocenters. The molecule has 1 saturated carbocycles. The predicted molar refractivity (Wildman–Crippen MR) is 82.1 cm³/mol. The van der Waals surface area contributed by atoms with Crippen LogP contribution in [0.5, 0.6) is 0 Å². The Balaban J connectivity index is 2.53. The first-order chi connectivity index (χ1) is 8.83. The summed E-state index contributed by atoms with van der Waals surface area (Å²) in [5.74, 6) is 0. The Labute approximate surface area is 115 Å². The number of unbranched alkanes of at least 4 members (excludes halogenated alkanes) is 2. The van der Waals surface area contributed by atoms with Crippen molar-refractivity contribution < 1.29 is 0 Å². The van der Waals surface area contributed by atoms with E-state index in [1.807, 2.05) is 0 Å². The van der Waals surface area contributed by atoms with E-state index < -0.39 is 0 Å². The summed E-state index contributed by atoms with van der Waals surface area (Å²) >= 11 is 0. The van der Waals surface area contributed by atoms with Crippen LogP contribution in [-0.2, 0) is 0 Å². The van der Waals surface area contributed by atoms with Crippen molar-refractivity contribution in [3.8, 4) is 0 Å². The van der Waals surface area contributed by atoms with Crippen molar-refractivity contribution in [3.05, 3.63) is 0 Å². The summed E-state index contributed by atoms with van der Waals surface area (Å²) in [7, 11) is 0. The number of nitrogens with zero attached hydrogens (tertiary/aromatic N) is 1. The highest BCUT2D eigenvalue weighted by molar-refractivity contribution is 4.81. The summed E-state index contributed by atoms with van der Waals surface area (Å²) in [5, 5.41) is 0. The molecular weight excluding hydrogens is 218 g/mol. The Morgan fingerprint density at radius 3 is 2.22 bits per heavy atom. The molecule has 1 nitrogen and oxygen atoms in total. The Bertz CT molecular complexity index is 179. The molecular formula is C17H35N. The minimum atomic E-state index is 0.856. The van der Waals surface area contributed by atoms with Gasteiger partial charge in [0.25, 0.3) is 0 Å². The molecule has 0 spiro atoms. The highest BCUT2D eigenvalue weighted by Gasteiger charge is 2.25. The molecule has 108 valence electrons. The highest BCUT2D eigenvalue weighted by atomic mass is 15.2. The van der Waals surface area contributed by atoms with Crippen LogP contribution in [0.25, 0.3) is 0 Å². The summed E-state index contributed by atoms with van der Waals surface area (Å²) in [4.78, 5) is 2.90. The summed E-state index contributed by atoms with van der Waals surface area (Å²) < 4.78 is 0. The monoisotopic (exact) mass is 253 g/mol. The molecule has 0 aromatic carbocycles. The highest BCUT2D eigenvalue weighted by Crippen LogP contribution is 2.27. The average Bonchev–Trinajstić information content (AvgIpc) is 2.43. The Kier molecular flexibility index (Phi) is 8.75. The summed E-state index contributed by atoms with van der Waals surface area (Å²) in [5.41, 5.74) is 0. The van der Waals surface area contributed by atoms with Crippen molar-refractivity contribution in [2.45, 2.75) is 103 Å². The topological polar surface area (TPSA) is 3.24 Å². The van der Waals surface area contributed by atoms with Gasteiger partial charge in [-0.2, -0.15) is 0 Å². The molecule has 1 fully saturated rings. The molecule has 0 amide bonds. The van der Waals surface area contributed by atoms with E-state index in [9.17, 15) is 0 Å². The third-order valence-electron chi connectivity index (χ3n) is 4.63. The molecule has 1 rings (SSSR count). The molecule has 0 aromatic rings. The van der Waals surface area contributed by atoms with E-state index >= 15 is 0 Å². The molecule has 0 bridgehead atoms. The maximum Gasteiger partial charge on any atom is 0.00981 e. The smallest absolute Gasteiger partial charge is 0.00981 e. The predicted octanol–water partition coefficient (Wildman–Crippen LogP) is 5.39. The van der Waals surface area contributed by atoms with Crippen LogP contribution in [0.4, 0.5) is 0 Å². The molecule has 0 N–H and O–H groups in total. The van der Waals surface area contributed by atoms with Crippen molar-refractivity contribution in [1.82, 2.24) is 4.90 Å². The molecule has 1 aliphatic rings. The lowest BCUT2D eigenvalue weighted by atomic mass is 9.91. The molecule has 1 unspecified atom stereocenters. The first kappa shape index (κ1) is 16.0. The van der Waals surface area contributed by atoms with Crippen LogP contribution in [-0.4, -0.2) is 23.5 Å². The van der Waals surface area contributed by atoms with Gasteiger partial charge in [-0.25, -0.2) is 0 Å². The maximum atomic E-state index is 2.90. The van der Waals surface area contributed by atoms with E-state index in [1.165, 1.54) is 77.2 Å². The molecule has 0 aliphatic heterocycles. The van der Waals surface area contributed by atoms with E-state index in [2.05, 4.69) is 25.7 Å². The quantitative estimate of drug-likeness (QED) is 0.498. The fourth-order valence-electron chi connectivity index (χ4n) is 3.56. The summed E-state index contributed by atoms with van der Waals surface area (Å²) in [6, 6.07) is 1.77. The number of rotatable bonds is 9. The minimum Gasteiger partial charge on any atom is -0.297 e. The second-order valence-electron chi connectivity index (χ2n) is 6.09. The molecule has 0 aromatic heterocycles. The van der Waals surface area contributed by atoms with Gasteiger partial charge in [0.05, 0.1) is 0 Å². The van der Waals surface area contributed by atoms with Crippen molar-refractivity contribution >= 4 is 0 Å². The van der Waals surface area contributed by atoms with Gasteiger partial charge in [0.15, 0.2) is 0 Å². The van der Waals surface area contributed by atoms with Crippen LogP contribution in [0.2, 0.25) is 0 Å². The zero-order chi connectivity index (χ0) is 13.2. The maximum absolute atomic E-state index is 2.90. The van der Waals surface area contributed by atoms with E-state index in [-0.39, 0.29) is 0 Å². The molecule has 1 aliphatic carbocycles.